The van der Waals surface area contributed by atoms with E-state index in [1.54, 1.807) is 17.6 Å². The predicted octanol–water partition coefficient (Wildman–Crippen LogP) is 0.599. The van der Waals surface area contributed by atoms with Crippen LogP contribution in [0.25, 0.3) is 0 Å². The van der Waals surface area contributed by atoms with Crippen LogP contribution in [0.15, 0.2) is 34.9 Å². The molecular formula is C9H10N4O2S2. The van der Waals surface area contributed by atoms with E-state index in [1.807, 2.05) is 0 Å². The number of nitrogen functional groups attached to an aromatic ring is 1. The number of sulfonamides is 1. The normalized spacial score (nSPS) is 11.5. The summed E-state index contributed by atoms with van der Waals surface area (Å²) < 4.78 is 26.1. The second-order valence-corrected chi connectivity index (χ2v) is 5.81. The molecule has 8 heteroatoms. The van der Waals surface area contributed by atoms with Crippen LogP contribution < -0.4 is 10.5 Å². The van der Waals surface area contributed by atoms with Gasteiger partial charge in [0.1, 0.15) is 5.01 Å². The smallest absolute Gasteiger partial charge is 0.260 e. The van der Waals surface area contributed by atoms with Crippen molar-refractivity contribution >= 4 is 27.0 Å². The van der Waals surface area contributed by atoms with E-state index in [1.165, 1.54) is 23.6 Å². The van der Waals surface area contributed by atoms with Crippen LogP contribution in [0.5, 0.6) is 0 Å². The molecule has 0 radical (unpaired) electrons. The number of hydrogen-bond acceptors (Lipinski definition) is 6. The van der Waals surface area contributed by atoms with Gasteiger partial charge >= 0.3 is 0 Å². The van der Waals surface area contributed by atoms with E-state index in [0.29, 0.717) is 5.01 Å². The number of pyridine rings is 1. The molecule has 2 aromatic rings. The summed E-state index contributed by atoms with van der Waals surface area (Å²) in [5, 5.41) is 2.30. The first kappa shape index (κ1) is 12.0. The Morgan fingerprint density at radius 3 is 2.82 bits per heavy atom. The van der Waals surface area contributed by atoms with Crippen LogP contribution in [0, 0.1) is 0 Å². The fourth-order valence-electron chi connectivity index (χ4n) is 1.19. The molecule has 6 nitrogen and oxygen atoms in total. The van der Waals surface area contributed by atoms with Gasteiger partial charge in [-0.3, -0.25) is 0 Å². The number of nitrogens with zero attached hydrogens (tertiary/aromatic N) is 2. The van der Waals surface area contributed by atoms with Gasteiger partial charge in [-0.25, -0.2) is 23.1 Å². The molecule has 0 unspecified atom stereocenters. The Hall–Kier alpha value is -1.51. The molecule has 0 amide bonds. The zero-order valence-electron chi connectivity index (χ0n) is 8.70. The van der Waals surface area contributed by atoms with Gasteiger partial charge in [0, 0.05) is 17.8 Å². The van der Waals surface area contributed by atoms with Gasteiger partial charge in [0.2, 0.25) is 0 Å². The van der Waals surface area contributed by atoms with Crippen molar-refractivity contribution in [3.8, 4) is 0 Å². The SMILES string of the molecule is Nc1cccnc1S(=O)(=O)NCc1nccs1. The standard InChI is InChI=1S/C9H10N4O2S2/c10-7-2-1-3-12-9(7)17(14,15)13-6-8-11-4-5-16-8/h1-5,13H,6,10H2. The topological polar surface area (TPSA) is 98.0 Å². The number of nitrogens with one attached hydrogen (secondary N) is 1. The Balaban J connectivity index is 2.17. The van der Waals surface area contributed by atoms with E-state index in [9.17, 15) is 8.42 Å². The lowest BCUT2D eigenvalue weighted by Gasteiger charge is -2.06. The number of thiazole rings is 1. The molecule has 0 saturated carbocycles. The molecular weight excluding hydrogens is 260 g/mol. The lowest BCUT2D eigenvalue weighted by Crippen LogP contribution is -2.25. The molecule has 0 fully saturated rings. The van der Waals surface area contributed by atoms with Crippen molar-refractivity contribution in [1.29, 1.82) is 0 Å². The molecule has 0 aliphatic carbocycles. The summed E-state index contributed by atoms with van der Waals surface area (Å²) in [6.07, 6.45) is 3.00. The summed E-state index contributed by atoms with van der Waals surface area (Å²) in [6.45, 7) is 0.135. The van der Waals surface area contributed by atoms with Gasteiger partial charge in [-0.1, -0.05) is 0 Å². The third-order valence-electron chi connectivity index (χ3n) is 1.95. The van der Waals surface area contributed by atoms with E-state index in [0.717, 1.165) is 0 Å². The van der Waals surface area contributed by atoms with Gasteiger partial charge in [-0.2, -0.15) is 0 Å². The quantitative estimate of drug-likeness (QED) is 0.847. The van der Waals surface area contributed by atoms with Crippen molar-refractivity contribution in [3.63, 3.8) is 0 Å². The van der Waals surface area contributed by atoms with E-state index in [-0.39, 0.29) is 17.3 Å². The highest BCUT2D eigenvalue weighted by atomic mass is 32.2. The Kier molecular flexibility index (Phi) is 3.36. The molecule has 0 atom stereocenters. The van der Waals surface area contributed by atoms with Crippen LogP contribution in [0.4, 0.5) is 5.69 Å². The van der Waals surface area contributed by atoms with E-state index < -0.39 is 10.0 Å². The largest absolute Gasteiger partial charge is 0.396 e. The van der Waals surface area contributed by atoms with Crippen molar-refractivity contribution in [2.75, 3.05) is 5.73 Å². The van der Waals surface area contributed by atoms with Gasteiger partial charge < -0.3 is 5.73 Å². The Morgan fingerprint density at radius 1 is 1.35 bits per heavy atom. The lowest BCUT2D eigenvalue weighted by molar-refractivity contribution is 0.578. The van der Waals surface area contributed by atoms with Crippen LogP contribution in [-0.4, -0.2) is 18.4 Å². The Morgan fingerprint density at radius 2 is 2.18 bits per heavy atom. The highest BCUT2D eigenvalue weighted by Gasteiger charge is 2.18. The fraction of sp³-hybridized carbons (Fsp3) is 0.111. The van der Waals surface area contributed by atoms with E-state index >= 15 is 0 Å². The van der Waals surface area contributed by atoms with E-state index in [2.05, 4.69) is 14.7 Å². The molecule has 2 heterocycles. The number of rotatable bonds is 4. The van der Waals surface area contributed by atoms with Crippen molar-refractivity contribution in [2.24, 2.45) is 0 Å². The molecule has 17 heavy (non-hydrogen) atoms. The van der Waals surface area contributed by atoms with Gasteiger partial charge in [0.05, 0.1) is 12.2 Å². The average molecular weight is 270 g/mol. The second kappa shape index (κ2) is 4.78. The van der Waals surface area contributed by atoms with Crippen molar-refractivity contribution in [2.45, 2.75) is 11.6 Å². The molecule has 0 saturated heterocycles. The van der Waals surface area contributed by atoms with Gasteiger partial charge in [0.15, 0.2) is 5.03 Å². The first-order valence-electron chi connectivity index (χ1n) is 4.68. The highest BCUT2D eigenvalue weighted by Crippen LogP contribution is 2.14. The molecule has 0 aliphatic rings. The average Bonchev–Trinajstić information content (AvgIpc) is 2.80. The van der Waals surface area contributed by atoms with Crippen LogP contribution in [0.1, 0.15) is 5.01 Å². The van der Waals surface area contributed by atoms with Crippen LogP contribution in [0.3, 0.4) is 0 Å². The molecule has 2 rings (SSSR count). The second-order valence-electron chi connectivity index (χ2n) is 3.15. The van der Waals surface area contributed by atoms with Crippen LogP contribution >= 0.6 is 11.3 Å². The Bertz CT molecular complexity index is 595. The minimum Gasteiger partial charge on any atom is -0.396 e. The molecule has 0 spiro atoms. The number of hydrogen-bond donors (Lipinski definition) is 2. The monoisotopic (exact) mass is 270 g/mol. The van der Waals surface area contributed by atoms with Crippen molar-refractivity contribution < 1.29 is 8.42 Å². The zero-order valence-corrected chi connectivity index (χ0v) is 10.3. The third kappa shape index (κ3) is 2.78. The van der Waals surface area contributed by atoms with Gasteiger partial charge in [-0.15, -0.1) is 11.3 Å². The summed E-state index contributed by atoms with van der Waals surface area (Å²) in [4.78, 5) is 7.73. The first-order chi connectivity index (χ1) is 8.09. The minimum atomic E-state index is -3.69. The molecule has 0 aliphatic heterocycles. The zero-order chi connectivity index (χ0) is 12.3. The number of nitrogens with two attached hydrogens (primary N) is 1. The Labute approximate surface area is 103 Å². The third-order valence-corrected chi connectivity index (χ3v) is 4.11. The summed E-state index contributed by atoms with van der Waals surface area (Å²) in [5.74, 6) is 0. The number of aromatic nitrogens is 2. The van der Waals surface area contributed by atoms with Gasteiger partial charge in [0.25, 0.3) is 10.0 Å². The maximum Gasteiger partial charge on any atom is 0.260 e. The van der Waals surface area contributed by atoms with Crippen molar-refractivity contribution in [3.05, 3.63) is 34.9 Å². The molecule has 3 N–H and O–H groups in total. The fourth-order valence-corrected chi connectivity index (χ4v) is 2.88. The maximum absolute atomic E-state index is 11.9. The molecule has 90 valence electrons. The summed E-state index contributed by atoms with van der Waals surface area (Å²) in [5.41, 5.74) is 5.69. The predicted molar refractivity (Wildman–Crippen MR) is 64.8 cm³/mol. The maximum atomic E-state index is 11.9. The first-order valence-corrected chi connectivity index (χ1v) is 7.04. The van der Waals surface area contributed by atoms with E-state index in [4.69, 9.17) is 5.73 Å². The lowest BCUT2D eigenvalue weighted by atomic mass is 10.4. The minimum absolute atomic E-state index is 0.124. The summed E-state index contributed by atoms with van der Waals surface area (Å²) >= 11 is 1.37. The van der Waals surface area contributed by atoms with Crippen molar-refractivity contribution in [1.82, 2.24) is 14.7 Å². The van der Waals surface area contributed by atoms with Crippen LogP contribution in [0.2, 0.25) is 0 Å². The summed E-state index contributed by atoms with van der Waals surface area (Å²) in [6, 6.07) is 3.07. The number of anilines is 1. The molecule has 0 aromatic carbocycles. The molecule has 2 aromatic heterocycles. The van der Waals surface area contributed by atoms with Crippen LogP contribution in [-0.2, 0) is 16.6 Å². The van der Waals surface area contributed by atoms with Gasteiger partial charge in [-0.05, 0) is 12.1 Å². The molecule has 0 bridgehead atoms. The highest BCUT2D eigenvalue weighted by molar-refractivity contribution is 7.89. The summed E-state index contributed by atoms with van der Waals surface area (Å²) in [7, 11) is -3.69.